The molecule has 1 heterocycles. The number of halogens is 3. The molecule has 0 unspecified atom stereocenters. The second-order valence-corrected chi connectivity index (χ2v) is 7.20. The van der Waals surface area contributed by atoms with Crippen molar-refractivity contribution in [1.29, 1.82) is 0 Å². The molecule has 0 radical (unpaired) electrons. The van der Waals surface area contributed by atoms with Crippen LogP contribution in [-0.4, -0.2) is 24.8 Å². The third-order valence-electron chi connectivity index (χ3n) is 3.33. The number of hydrogen-bond donors (Lipinski definition) is 1. The smallest absolute Gasteiger partial charge is 0.334 e. The van der Waals surface area contributed by atoms with E-state index in [9.17, 15) is 21.6 Å². The number of rotatable bonds is 4. The molecule has 0 fully saturated rings. The van der Waals surface area contributed by atoms with Crippen molar-refractivity contribution in [2.75, 3.05) is 11.0 Å². The monoisotopic (exact) mass is 383 g/mol. The van der Waals surface area contributed by atoms with Gasteiger partial charge in [0.15, 0.2) is 0 Å². The Morgan fingerprint density at radius 1 is 0.962 bits per heavy atom. The van der Waals surface area contributed by atoms with Crippen molar-refractivity contribution in [2.24, 2.45) is 0 Å². The Labute approximate surface area is 146 Å². The zero-order chi connectivity index (χ0) is 18.9. The average Bonchev–Trinajstić information content (AvgIpc) is 3.03. The van der Waals surface area contributed by atoms with E-state index in [4.69, 9.17) is 4.52 Å². The Morgan fingerprint density at radius 2 is 1.54 bits per heavy atom. The number of nitrogens with zero attached hydrogens (tertiary/aromatic N) is 2. The van der Waals surface area contributed by atoms with Crippen molar-refractivity contribution in [3.63, 3.8) is 0 Å². The molecule has 0 bridgehead atoms. The fourth-order valence-electron chi connectivity index (χ4n) is 2.16. The highest BCUT2D eigenvalue weighted by Gasteiger charge is 2.30. The summed E-state index contributed by atoms with van der Waals surface area (Å²) >= 11 is 0. The molecule has 0 atom stereocenters. The highest BCUT2D eigenvalue weighted by atomic mass is 32.2. The molecular formula is C16H12F3N3O3S. The van der Waals surface area contributed by atoms with E-state index in [0.29, 0.717) is 16.8 Å². The predicted molar refractivity (Wildman–Crippen MR) is 88.6 cm³/mol. The number of alkyl halides is 3. The van der Waals surface area contributed by atoms with Crippen LogP contribution in [0.25, 0.3) is 22.8 Å². The number of hydrogen-bond acceptors (Lipinski definition) is 5. The quantitative estimate of drug-likeness (QED) is 0.741. The van der Waals surface area contributed by atoms with E-state index >= 15 is 0 Å². The van der Waals surface area contributed by atoms with Gasteiger partial charge < -0.3 is 4.52 Å². The van der Waals surface area contributed by atoms with Crippen molar-refractivity contribution in [3.8, 4) is 22.8 Å². The van der Waals surface area contributed by atoms with Gasteiger partial charge in [-0.05, 0) is 48.5 Å². The molecule has 1 N–H and O–H groups in total. The van der Waals surface area contributed by atoms with Gasteiger partial charge in [-0.1, -0.05) is 5.16 Å². The van der Waals surface area contributed by atoms with Gasteiger partial charge in [0.25, 0.3) is 5.89 Å². The summed E-state index contributed by atoms with van der Waals surface area (Å²) < 4.78 is 67.5. The van der Waals surface area contributed by atoms with Crippen molar-refractivity contribution in [1.82, 2.24) is 10.1 Å². The van der Waals surface area contributed by atoms with Crippen LogP contribution in [0.4, 0.5) is 18.9 Å². The predicted octanol–water partition coefficient (Wildman–Crippen LogP) is 3.79. The zero-order valence-corrected chi connectivity index (χ0v) is 14.1. The van der Waals surface area contributed by atoms with Crippen molar-refractivity contribution in [2.45, 2.75) is 6.18 Å². The molecule has 0 saturated carbocycles. The SMILES string of the molecule is CS(=O)(=O)Nc1ccc(-c2noc(-c3ccc(C(F)(F)F)cc3)n2)cc1. The van der Waals surface area contributed by atoms with E-state index in [1.807, 2.05) is 0 Å². The minimum absolute atomic E-state index is 0.0760. The molecule has 0 aliphatic rings. The first-order valence-corrected chi connectivity index (χ1v) is 9.10. The van der Waals surface area contributed by atoms with Gasteiger partial charge in [-0.15, -0.1) is 0 Å². The van der Waals surface area contributed by atoms with Crippen molar-refractivity contribution in [3.05, 3.63) is 54.1 Å². The number of anilines is 1. The van der Waals surface area contributed by atoms with Crippen molar-refractivity contribution >= 4 is 15.7 Å². The highest BCUT2D eigenvalue weighted by Crippen LogP contribution is 2.31. The van der Waals surface area contributed by atoms with Crippen molar-refractivity contribution < 1.29 is 26.1 Å². The van der Waals surface area contributed by atoms with Crippen LogP contribution in [0.1, 0.15) is 5.56 Å². The van der Waals surface area contributed by atoms with Gasteiger partial charge in [-0.3, -0.25) is 4.72 Å². The van der Waals surface area contributed by atoms with E-state index in [2.05, 4.69) is 14.9 Å². The fraction of sp³-hybridized carbons (Fsp3) is 0.125. The lowest BCUT2D eigenvalue weighted by Crippen LogP contribution is -2.09. The van der Waals surface area contributed by atoms with Crippen LogP contribution >= 0.6 is 0 Å². The maximum atomic E-state index is 12.6. The molecule has 0 aliphatic carbocycles. The van der Waals surface area contributed by atoms with E-state index in [-0.39, 0.29) is 11.7 Å². The molecule has 0 aliphatic heterocycles. The molecule has 3 rings (SSSR count). The molecule has 10 heteroatoms. The van der Waals surface area contributed by atoms with Gasteiger partial charge in [0.1, 0.15) is 0 Å². The van der Waals surface area contributed by atoms with Crippen LogP contribution < -0.4 is 4.72 Å². The second kappa shape index (κ2) is 6.45. The normalized spacial score (nSPS) is 12.2. The van der Waals surface area contributed by atoms with Gasteiger partial charge >= 0.3 is 6.18 Å². The van der Waals surface area contributed by atoms with Crippen LogP contribution in [0.2, 0.25) is 0 Å². The summed E-state index contributed by atoms with van der Waals surface area (Å²) in [6.45, 7) is 0. The summed E-state index contributed by atoms with van der Waals surface area (Å²) in [6, 6.07) is 10.6. The molecule has 0 saturated heterocycles. The molecule has 1 aromatic heterocycles. The van der Waals surface area contributed by atoms with E-state index in [0.717, 1.165) is 18.4 Å². The third kappa shape index (κ3) is 4.20. The first-order chi connectivity index (χ1) is 12.1. The van der Waals surface area contributed by atoms with Gasteiger partial charge in [0.2, 0.25) is 15.8 Å². The highest BCUT2D eigenvalue weighted by molar-refractivity contribution is 7.92. The Kier molecular flexibility index (Phi) is 4.45. The lowest BCUT2D eigenvalue weighted by Gasteiger charge is -2.05. The standard InChI is InChI=1S/C16H12F3N3O3S/c1-26(23,24)22-13-8-4-10(5-9-13)14-20-15(25-21-14)11-2-6-12(7-3-11)16(17,18)19/h2-9,22H,1H3. The fourth-order valence-corrected chi connectivity index (χ4v) is 2.73. The minimum atomic E-state index is -4.42. The van der Waals surface area contributed by atoms with Crippen LogP contribution in [0, 0.1) is 0 Å². The minimum Gasteiger partial charge on any atom is -0.334 e. The first kappa shape index (κ1) is 17.9. The van der Waals surface area contributed by atoms with Gasteiger partial charge in [-0.2, -0.15) is 18.2 Å². The van der Waals surface area contributed by atoms with Crippen LogP contribution in [-0.2, 0) is 16.2 Å². The molecule has 0 amide bonds. The molecule has 3 aromatic rings. The van der Waals surface area contributed by atoms with Crippen LogP contribution in [0.3, 0.4) is 0 Å². The third-order valence-corrected chi connectivity index (χ3v) is 3.94. The number of aromatic nitrogens is 2. The Morgan fingerprint density at radius 3 is 2.08 bits per heavy atom. The largest absolute Gasteiger partial charge is 0.416 e. The van der Waals surface area contributed by atoms with E-state index < -0.39 is 21.8 Å². The molecule has 26 heavy (non-hydrogen) atoms. The number of benzene rings is 2. The Hall–Kier alpha value is -2.88. The average molecular weight is 383 g/mol. The van der Waals surface area contributed by atoms with Gasteiger partial charge in [-0.25, -0.2) is 8.42 Å². The molecule has 0 spiro atoms. The maximum absolute atomic E-state index is 12.6. The summed E-state index contributed by atoms with van der Waals surface area (Å²) in [5, 5.41) is 3.79. The Bertz CT molecular complexity index is 1010. The molecular weight excluding hydrogens is 371 g/mol. The topological polar surface area (TPSA) is 85.1 Å². The first-order valence-electron chi connectivity index (χ1n) is 7.21. The van der Waals surface area contributed by atoms with E-state index in [1.165, 1.54) is 24.3 Å². The summed E-state index contributed by atoms with van der Waals surface area (Å²) in [7, 11) is -3.38. The lowest BCUT2D eigenvalue weighted by molar-refractivity contribution is -0.137. The summed E-state index contributed by atoms with van der Waals surface area (Å²) in [4.78, 5) is 4.15. The van der Waals surface area contributed by atoms with Gasteiger partial charge in [0.05, 0.1) is 11.8 Å². The number of sulfonamides is 1. The Balaban J connectivity index is 1.81. The lowest BCUT2D eigenvalue weighted by atomic mass is 10.1. The van der Waals surface area contributed by atoms with Gasteiger partial charge in [0, 0.05) is 16.8 Å². The summed E-state index contributed by atoms with van der Waals surface area (Å²) in [5.74, 6) is 0.304. The van der Waals surface area contributed by atoms with Crippen LogP contribution in [0.5, 0.6) is 0 Å². The molecule has 6 nitrogen and oxygen atoms in total. The molecule has 136 valence electrons. The number of nitrogens with one attached hydrogen (secondary N) is 1. The van der Waals surface area contributed by atoms with Crippen LogP contribution in [0.15, 0.2) is 53.1 Å². The maximum Gasteiger partial charge on any atom is 0.416 e. The summed E-state index contributed by atoms with van der Waals surface area (Å²) in [6.07, 6.45) is -3.38. The van der Waals surface area contributed by atoms with E-state index in [1.54, 1.807) is 12.1 Å². The second-order valence-electron chi connectivity index (χ2n) is 5.45. The zero-order valence-electron chi connectivity index (χ0n) is 13.3. The molecule has 2 aromatic carbocycles. The summed E-state index contributed by atoms with van der Waals surface area (Å²) in [5.41, 5.74) is 0.524.